The monoisotopic (exact) mass is 409 g/mol. The maximum Gasteiger partial charge on any atom is 0.374 e. The first-order chi connectivity index (χ1) is 13.3. The SMILES string of the molecule is CCOC(=O)c1oc2ccc(S(=O)(=O)N3CCCCC[C@@H]3C(=O)O)cc2c1C. The minimum atomic E-state index is -4.01. The van der Waals surface area contributed by atoms with Crippen molar-refractivity contribution in [1.82, 2.24) is 4.31 Å². The number of rotatable bonds is 5. The summed E-state index contributed by atoms with van der Waals surface area (Å²) >= 11 is 0. The first kappa shape index (κ1) is 20.3. The lowest BCUT2D eigenvalue weighted by atomic mass is 10.1. The standard InChI is InChI=1S/C19H23NO7S/c1-3-26-19(23)17-12(2)14-11-13(8-9-16(14)27-17)28(24,25)20-10-6-4-5-7-15(20)18(21)22/h8-9,11,15H,3-7,10H2,1-2H3,(H,21,22)/t15-/m1/s1. The molecule has 1 atom stereocenters. The van der Waals surface area contributed by atoms with Gasteiger partial charge in [0.25, 0.3) is 0 Å². The van der Waals surface area contributed by atoms with Crippen molar-refractivity contribution in [3.63, 3.8) is 0 Å². The number of benzene rings is 1. The Morgan fingerprint density at radius 2 is 2.04 bits per heavy atom. The number of carbonyl (C=O) groups is 2. The summed E-state index contributed by atoms with van der Waals surface area (Å²) in [5, 5.41) is 9.98. The number of hydrogen-bond donors (Lipinski definition) is 1. The van der Waals surface area contributed by atoms with E-state index in [4.69, 9.17) is 9.15 Å². The van der Waals surface area contributed by atoms with E-state index in [1.54, 1.807) is 13.8 Å². The molecular weight excluding hydrogens is 386 g/mol. The molecule has 1 fully saturated rings. The van der Waals surface area contributed by atoms with Gasteiger partial charge in [0.15, 0.2) is 0 Å². The summed E-state index contributed by atoms with van der Waals surface area (Å²) in [4.78, 5) is 23.6. The zero-order valence-electron chi connectivity index (χ0n) is 15.8. The molecule has 2 aromatic rings. The molecule has 3 rings (SSSR count). The highest BCUT2D eigenvalue weighted by molar-refractivity contribution is 7.89. The van der Waals surface area contributed by atoms with E-state index in [9.17, 15) is 23.1 Å². The molecule has 2 heterocycles. The summed E-state index contributed by atoms with van der Waals surface area (Å²) in [6, 6.07) is 3.20. The Balaban J connectivity index is 2.05. The second-order valence-electron chi connectivity index (χ2n) is 6.75. The van der Waals surface area contributed by atoms with Gasteiger partial charge >= 0.3 is 11.9 Å². The lowest BCUT2D eigenvalue weighted by Crippen LogP contribution is -2.44. The number of nitrogens with zero attached hydrogens (tertiary/aromatic N) is 1. The zero-order valence-corrected chi connectivity index (χ0v) is 16.6. The predicted octanol–water partition coefficient (Wildman–Crippen LogP) is 2.94. The van der Waals surface area contributed by atoms with E-state index in [-0.39, 0.29) is 30.2 Å². The van der Waals surface area contributed by atoms with E-state index >= 15 is 0 Å². The van der Waals surface area contributed by atoms with Crippen LogP contribution in [0.25, 0.3) is 11.0 Å². The second kappa shape index (κ2) is 7.92. The molecule has 1 aromatic carbocycles. The van der Waals surface area contributed by atoms with Crippen LogP contribution in [0, 0.1) is 6.92 Å². The van der Waals surface area contributed by atoms with Crippen LogP contribution in [0.15, 0.2) is 27.5 Å². The summed E-state index contributed by atoms with van der Waals surface area (Å²) in [5.41, 5.74) is 0.848. The first-order valence-electron chi connectivity index (χ1n) is 9.22. The Hall–Kier alpha value is -2.39. The summed E-state index contributed by atoms with van der Waals surface area (Å²) in [7, 11) is -4.01. The maximum atomic E-state index is 13.2. The van der Waals surface area contributed by atoms with Crippen molar-refractivity contribution < 1.29 is 32.3 Å². The quantitative estimate of drug-likeness (QED) is 0.755. The molecule has 152 valence electrons. The maximum absolute atomic E-state index is 13.2. The van der Waals surface area contributed by atoms with Crippen molar-refractivity contribution in [1.29, 1.82) is 0 Å². The van der Waals surface area contributed by atoms with Gasteiger partial charge in [-0.1, -0.05) is 12.8 Å². The van der Waals surface area contributed by atoms with Crippen LogP contribution in [-0.4, -0.2) is 49.0 Å². The van der Waals surface area contributed by atoms with Crippen molar-refractivity contribution in [3.8, 4) is 0 Å². The van der Waals surface area contributed by atoms with E-state index < -0.39 is 28.0 Å². The number of furan rings is 1. The third-order valence-corrected chi connectivity index (χ3v) is 6.87. The summed E-state index contributed by atoms with van der Waals surface area (Å²) < 4.78 is 38.0. The van der Waals surface area contributed by atoms with Crippen LogP contribution in [0.3, 0.4) is 0 Å². The van der Waals surface area contributed by atoms with Crippen LogP contribution >= 0.6 is 0 Å². The first-order valence-corrected chi connectivity index (χ1v) is 10.7. The van der Waals surface area contributed by atoms with Crippen LogP contribution in [0.1, 0.15) is 48.7 Å². The van der Waals surface area contributed by atoms with Crippen LogP contribution in [0.5, 0.6) is 0 Å². The number of aryl methyl sites for hydroxylation is 1. The molecule has 0 bridgehead atoms. The number of sulfonamides is 1. The van der Waals surface area contributed by atoms with Crippen LogP contribution in [0.2, 0.25) is 0 Å². The van der Waals surface area contributed by atoms with Gasteiger partial charge in [0.2, 0.25) is 15.8 Å². The van der Waals surface area contributed by atoms with E-state index in [2.05, 4.69) is 0 Å². The van der Waals surface area contributed by atoms with Gasteiger partial charge in [0.05, 0.1) is 11.5 Å². The van der Waals surface area contributed by atoms with Gasteiger partial charge in [-0.25, -0.2) is 13.2 Å². The fourth-order valence-corrected chi connectivity index (χ4v) is 5.18. The largest absolute Gasteiger partial charge is 0.480 e. The molecule has 0 aliphatic carbocycles. The third kappa shape index (κ3) is 3.64. The number of carboxylic acids is 1. The predicted molar refractivity (Wildman–Crippen MR) is 101 cm³/mol. The minimum Gasteiger partial charge on any atom is -0.480 e. The fraction of sp³-hybridized carbons (Fsp3) is 0.474. The molecule has 28 heavy (non-hydrogen) atoms. The van der Waals surface area contributed by atoms with E-state index in [0.29, 0.717) is 29.4 Å². The minimum absolute atomic E-state index is 0.0209. The fourth-order valence-electron chi connectivity index (χ4n) is 3.50. The topological polar surface area (TPSA) is 114 Å². The Morgan fingerprint density at radius 3 is 2.71 bits per heavy atom. The molecule has 0 radical (unpaired) electrons. The van der Waals surface area contributed by atoms with Crippen LogP contribution < -0.4 is 0 Å². The second-order valence-corrected chi connectivity index (χ2v) is 8.64. The molecule has 0 saturated carbocycles. The van der Waals surface area contributed by atoms with Crippen molar-refractivity contribution in [2.75, 3.05) is 13.2 Å². The molecule has 1 saturated heterocycles. The average molecular weight is 409 g/mol. The number of ether oxygens (including phenoxy) is 1. The highest BCUT2D eigenvalue weighted by atomic mass is 32.2. The molecule has 1 aromatic heterocycles. The smallest absolute Gasteiger partial charge is 0.374 e. The van der Waals surface area contributed by atoms with Gasteiger partial charge in [-0.2, -0.15) is 4.31 Å². The lowest BCUT2D eigenvalue weighted by Gasteiger charge is -2.26. The molecular formula is C19H23NO7S. The molecule has 0 amide bonds. The molecule has 1 N–H and O–H groups in total. The van der Waals surface area contributed by atoms with Crippen molar-refractivity contribution >= 4 is 32.9 Å². The highest BCUT2D eigenvalue weighted by Crippen LogP contribution is 2.31. The molecule has 1 aliphatic heterocycles. The molecule has 0 unspecified atom stereocenters. The summed E-state index contributed by atoms with van der Waals surface area (Å²) in [6.07, 6.45) is 2.36. The lowest BCUT2D eigenvalue weighted by molar-refractivity contribution is -0.141. The van der Waals surface area contributed by atoms with Crippen molar-refractivity contribution in [2.45, 2.75) is 50.5 Å². The van der Waals surface area contributed by atoms with Crippen LogP contribution in [-0.2, 0) is 19.6 Å². The van der Waals surface area contributed by atoms with Gasteiger partial charge in [0.1, 0.15) is 11.6 Å². The van der Waals surface area contributed by atoms with Gasteiger partial charge in [0, 0.05) is 17.5 Å². The van der Waals surface area contributed by atoms with Gasteiger partial charge < -0.3 is 14.3 Å². The highest BCUT2D eigenvalue weighted by Gasteiger charge is 2.37. The normalized spacial score (nSPS) is 18.7. The van der Waals surface area contributed by atoms with Crippen molar-refractivity contribution in [3.05, 3.63) is 29.5 Å². The zero-order chi connectivity index (χ0) is 20.5. The number of esters is 1. The van der Waals surface area contributed by atoms with Gasteiger partial charge in [-0.3, -0.25) is 4.79 Å². The summed E-state index contributed by atoms with van der Waals surface area (Å²) in [6.45, 7) is 3.69. The van der Waals surface area contributed by atoms with E-state index in [1.165, 1.54) is 18.2 Å². The average Bonchev–Trinajstić information content (AvgIpc) is 2.83. The van der Waals surface area contributed by atoms with E-state index in [0.717, 1.165) is 10.7 Å². The van der Waals surface area contributed by atoms with Gasteiger partial charge in [-0.05, 0) is 44.9 Å². The Morgan fingerprint density at radius 1 is 1.29 bits per heavy atom. The number of hydrogen-bond acceptors (Lipinski definition) is 6. The van der Waals surface area contributed by atoms with Gasteiger partial charge in [-0.15, -0.1) is 0 Å². The Kier molecular flexibility index (Phi) is 5.76. The molecule has 0 spiro atoms. The Bertz CT molecular complexity index is 1010. The molecule has 9 heteroatoms. The summed E-state index contributed by atoms with van der Waals surface area (Å²) in [5.74, 6) is -1.72. The number of carbonyl (C=O) groups excluding carboxylic acids is 1. The third-order valence-electron chi connectivity index (χ3n) is 4.96. The number of aliphatic carboxylic acids is 1. The number of fused-ring (bicyclic) bond motifs is 1. The Labute approximate surface area is 163 Å². The van der Waals surface area contributed by atoms with Crippen molar-refractivity contribution in [2.24, 2.45) is 0 Å². The van der Waals surface area contributed by atoms with E-state index in [1.807, 2.05) is 0 Å². The molecule has 1 aliphatic rings. The van der Waals surface area contributed by atoms with Crippen LogP contribution in [0.4, 0.5) is 0 Å². The number of carboxylic acid groups (broad SMARTS) is 1. The molecule has 8 nitrogen and oxygen atoms in total.